The van der Waals surface area contributed by atoms with Gasteiger partial charge in [0.15, 0.2) is 0 Å². The normalized spacial score (nSPS) is 28.9. The molecule has 0 amide bonds. The van der Waals surface area contributed by atoms with E-state index in [1.54, 1.807) is 6.26 Å². The van der Waals surface area contributed by atoms with Gasteiger partial charge < -0.3 is 24.8 Å². The van der Waals surface area contributed by atoms with Crippen molar-refractivity contribution in [3.05, 3.63) is 12.3 Å². The molecule has 0 spiro atoms. The first kappa shape index (κ1) is 16.4. The minimum atomic E-state index is -1.00. The van der Waals surface area contributed by atoms with Crippen molar-refractivity contribution in [3.63, 3.8) is 0 Å². The zero-order valence-corrected chi connectivity index (χ0v) is 11.6. The van der Waals surface area contributed by atoms with Gasteiger partial charge in [-0.15, -0.1) is 0 Å². The third-order valence-corrected chi connectivity index (χ3v) is 3.31. The third kappa shape index (κ3) is 5.48. The molecule has 0 bridgehead atoms. The number of aliphatic hydroxyl groups is 3. The van der Waals surface area contributed by atoms with Crippen LogP contribution >= 0.6 is 0 Å². The van der Waals surface area contributed by atoms with Gasteiger partial charge in [0.05, 0.1) is 19.5 Å². The van der Waals surface area contributed by atoms with E-state index in [0.717, 1.165) is 12.8 Å². The van der Waals surface area contributed by atoms with Gasteiger partial charge in [0, 0.05) is 0 Å². The summed E-state index contributed by atoms with van der Waals surface area (Å²) in [5.74, 6) is 0. The molecule has 112 valence electrons. The van der Waals surface area contributed by atoms with Crippen LogP contribution < -0.4 is 0 Å². The predicted molar refractivity (Wildman–Crippen MR) is 71.6 cm³/mol. The van der Waals surface area contributed by atoms with Crippen molar-refractivity contribution in [2.24, 2.45) is 0 Å². The van der Waals surface area contributed by atoms with E-state index in [-0.39, 0.29) is 13.2 Å². The van der Waals surface area contributed by atoms with Gasteiger partial charge in [0.1, 0.15) is 24.4 Å². The van der Waals surface area contributed by atoms with Crippen LogP contribution in [0, 0.1) is 0 Å². The van der Waals surface area contributed by atoms with Crippen LogP contribution in [0.2, 0.25) is 0 Å². The Morgan fingerprint density at radius 1 is 1.32 bits per heavy atom. The molecule has 0 saturated carbocycles. The van der Waals surface area contributed by atoms with E-state index < -0.39 is 24.4 Å². The molecule has 1 aliphatic rings. The van der Waals surface area contributed by atoms with Gasteiger partial charge in [-0.1, -0.05) is 26.2 Å². The summed E-state index contributed by atoms with van der Waals surface area (Å²) >= 11 is 0. The Bertz CT molecular complexity index is 256. The summed E-state index contributed by atoms with van der Waals surface area (Å²) in [5.41, 5.74) is 0. The zero-order valence-electron chi connectivity index (χ0n) is 11.6. The quantitative estimate of drug-likeness (QED) is 0.431. The van der Waals surface area contributed by atoms with Gasteiger partial charge in [-0.25, -0.2) is 0 Å². The summed E-state index contributed by atoms with van der Waals surface area (Å²) in [6, 6.07) is 0. The van der Waals surface area contributed by atoms with Crippen LogP contribution in [0.25, 0.3) is 0 Å². The molecule has 4 atom stereocenters. The molecule has 19 heavy (non-hydrogen) atoms. The predicted octanol–water partition coefficient (Wildman–Crippen LogP) is 0.969. The van der Waals surface area contributed by atoms with Crippen LogP contribution in [0.5, 0.6) is 0 Å². The molecule has 0 aromatic heterocycles. The number of allylic oxidation sites excluding steroid dienone is 1. The monoisotopic (exact) mass is 274 g/mol. The summed E-state index contributed by atoms with van der Waals surface area (Å²) in [5, 5.41) is 28.3. The average molecular weight is 274 g/mol. The second-order valence-corrected chi connectivity index (χ2v) is 4.93. The Morgan fingerprint density at radius 2 is 2.11 bits per heavy atom. The lowest BCUT2D eigenvalue weighted by Crippen LogP contribution is -2.41. The molecule has 0 aromatic rings. The standard InChI is InChI=1S/C14H26O5/c1-2-3-4-5-6-7-8-18-12(9-15)14-13(17)11(16)10-19-14/h7-8,11-17H,2-6,9-10H2,1H3/b8-7+/t11-,12+,13+,14+/m1/s1. The molecule has 5 nitrogen and oxygen atoms in total. The Kier molecular flexibility index (Phi) is 8.05. The fraction of sp³-hybridized carbons (Fsp3) is 0.857. The fourth-order valence-corrected chi connectivity index (χ4v) is 2.09. The van der Waals surface area contributed by atoms with E-state index in [4.69, 9.17) is 9.47 Å². The Morgan fingerprint density at radius 3 is 2.68 bits per heavy atom. The highest BCUT2D eigenvalue weighted by Gasteiger charge is 2.40. The minimum Gasteiger partial charge on any atom is -0.493 e. The molecule has 1 rings (SSSR count). The van der Waals surface area contributed by atoms with Crippen molar-refractivity contribution in [1.29, 1.82) is 0 Å². The van der Waals surface area contributed by atoms with Gasteiger partial charge in [0.2, 0.25) is 0 Å². The highest BCUT2D eigenvalue weighted by Crippen LogP contribution is 2.19. The summed E-state index contributed by atoms with van der Waals surface area (Å²) in [7, 11) is 0. The summed E-state index contributed by atoms with van der Waals surface area (Å²) < 4.78 is 10.6. The molecule has 3 N–H and O–H groups in total. The number of aliphatic hydroxyl groups excluding tert-OH is 3. The Hall–Kier alpha value is -0.620. The highest BCUT2D eigenvalue weighted by molar-refractivity contribution is 4.90. The largest absolute Gasteiger partial charge is 0.493 e. The number of hydrogen-bond donors (Lipinski definition) is 3. The van der Waals surface area contributed by atoms with Crippen LogP contribution in [0.4, 0.5) is 0 Å². The van der Waals surface area contributed by atoms with Gasteiger partial charge in [-0.05, 0) is 18.9 Å². The molecule has 0 aromatic carbocycles. The zero-order chi connectivity index (χ0) is 14.1. The molecule has 0 radical (unpaired) electrons. The first-order chi connectivity index (χ1) is 9.20. The van der Waals surface area contributed by atoms with Crippen molar-refractivity contribution in [3.8, 4) is 0 Å². The first-order valence-corrected chi connectivity index (χ1v) is 7.09. The second kappa shape index (κ2) is 9.31. The maximum atomic E-state index is 9.67. The van der Waals surface area contributed by atoms with Crippen LogP contribution in [0.3, 0.4) is 0 Å². The van der Waals surface area contributed by atoms with Crippen LogP contribution in [-0.4, -0.2) is 52.9 Å². The maximum Gasteiger partial charge on any atom is 0.149 e. The SMILES string of the molecule is CCCCCC/C=C/O[C@@H](CO)[C@@H]1OC[C@@H](O)[C@@H]1O. The van der Waals surface area contributed by atoms with E-state index >= 15 is 0 Å². The van der Waals surface area contributed by atoms with Crippen LogP contribution in [0.1, 0.15) is 39.0 Å². The van der Waals surface area contributed by atoms with E-state index in [1.165, 1.54) is 19.3 Å². The summed E-state index contributed by atoms with van der Waals surface area (Å²) in [6.07, 6.45) is 5.97. The van der Waals surface area contributed by atoms with Crippen molar-refractivity contribution >= 4 is 0 Å². The molecule has 0 unspecified atom stereocenters. The summed E-state index contributed by atoms with van der Waals surface area (Å²) in [6.45, 7) is 1.99. The van der Waals surface area contributed by atoms with Crippen molar-refractivity contribution in [1.82, 2.24) is 0 Å². The second-order valence-electron chi connectivity index (χ2n) is 4.93. The molecular formula is C14H26O5. The van der Waals surface area contributed by atoms with Crippen LogP contribution in [0.15, 0.2) is 12.3 Å². The smallest absolute Gasteiger partial charge is 0.149 e. The first-order valence-electron chi connectivity index (χ1n) is 7.09. The molecule has 1 saturated heterocycles. The van der Waals surface area contributed by atoms with Gasteiger partial charge in [-0.3, -0.25) is 0 Å². The molecule has 1 heterocycles. The van der Waals surface area contributed by atoms with Crippen molar-refractivity contribution in [2.45, 2.75) is 63.4 Å². The van der Waals surface area contributed by atoms with Crippen molar-refractivity contribution < 1.29 is 24.8 Å². The average Bonchev–Trinajstić information content (AvgIpc) is 2.74. The van der Waals surface area contributed by atoms with Crippen LogP contribution in [-0.2, 0) is 9.47 Å². The number of ether oxygens (including phenoxy) is 2. The summed E-state index contributed by atoms with van der Waals surface area (Å²) in [4.78, 5) is 0. The van der Waals surface area contributed by atoms with Crippen molar-refractivity contribution in [2.75, 3.05) is 13.2 Å². The molecular weight excluding hydrogens is 248 g/mol. The highest BCUT2D eigenvalue weighted by atomic mass is 16.6. The van der Waals surface area contributed by atoms with Gasteiger partial charge in [0.25, 0.3) is 0 Å². The van der Waals surface area contributed by atoms with E-state index in [1.807, 2.05) is 6.08 Å². The van der Waals surface area contributed by atoms with Gasteiger partial charge in [-0.2, -0.15) is 0 Å². The Balaban J connectivity index is 2.23. The van der Waals surface area contributed by atoms with Gasteiger partial charge >= 0.3 is 0 Å². The topological polar surface area (TPSA) is 79.2 Å². The number of hydrogen-bond acceptors (Lipinski definition) is 5. The van der Waals surface area contributed by atoms with E-state index in [0.29, 0.717) is 0 Å². The molecule has 1 fully saturated rings. The third-order valence-electron chi connectivity index (χ3n) is 3.31. The fourth-order valence-electron chi connectivity index (χ4n) is 2.09. The maximum absolute atomic E-state index is 9.67. The lowest BCUT2D eigenvalue weighted by molar-refractivity contribution is -0.0737. The minimum absolute atomic E-state index is 0.0758. The van der Waals surface area contributed by atoms with E-state index in [9.17, 15) is 15.3 Å². The number of rotatable bonds is 9. The lowest BCUT2D eigenvalue weighted by Gasteiger charge is -2.23. The Labute approximate surface area is 114 Å². The number of unbranched alkanes of at least 4 members (excludes halogenated alkanes) is 4. The lowest BCUT2D eigenvalue weighted by atomic mass is 10.1. The molecule has 1 aliphatic heterocycles. The van der Waals surface area contributed by atoms with E-state index in [2.05, 4.69) is 6.92 Å². The molecule has 0 aliphatic carbocycles. The molecule has 5 heteroatoms.